The minimum atomic E-state index is -3.35. The Hall–Kier alpha value is -2.44. The summed E-state index contributed by atoms with van der Waals surface area (Å²) in [6.07, 6.45) is 1.11. The van der Waals surface area contributed by atoms with Crippen LogP contribution in [-0.2, 0) is 9.84 Å². The van der Waals surface area contributed by atoms with Crippen LogP contribution in [0.5, 0.6) is 0 Å². The van der Waals surface area contributed by atoms with Crippen LogP contribution in [-0.4, -0.2) is 14.7 Å². The number of hydrogen-bond acceptors (Lipinski definition) is 4. The molecule has 4 nitrogen and oxygen atoms in total. The number of benzene rings is 2. The fourth-order valence-corrected chi connectivity index (χ4v) is 3.51. The van der Waals surface area contributed by atoms with Gasteiger partial charge in [0.15, 0.2) is 15.3 Å². The van der Waals surface area contributed by atoms with Gasteiger partial charge in [0.1, 0.15) is 17.3 Å². The van der Waals surface area contributed by atoms with Gasteiger partial charge in [-0.25, -0.2) is 12.8 Å². The van der Waals surface area contributed by atoms with Gasteiger partial charge in [-0.2, -0.15) is 0 Å². The van der Waals surface area contributed by atoms with Gasteiger partial charge in [-0.3, -0.25) is 4.79 Å². The van der Waals surface area contributed by atoms with Crippen LogP contribution in [0.3, 0.4) is 0 Å². The number of aryl methyl sites for hydroxylation is 1. The van der Waals surface area contributed by atoms with Gasteiger partial charge in [-0.15, -0.1) is 0 Å². The van der Waals surface area contributed by atoms with Crippen molar-refractivity contribution < 1.29 is 17.2 Å². The molecule has 0 aliphatic rings. The Morgan fingerprint density at radius 3 is 2.27 bits per heavy atom. The fraction of sp³-hybridized carbons (Fsp3) is 0.105. The minimum absolute atomic E-state index is 0.0789. The summed E-state index contributed by atoms with van der Waals surface area (Å²) in [5.74, 6) is 0.108. The van der Waals surface area contributed by atoms with Gasteiger partial charge in [0.2, 0.25) is 0 Å². The molecule has 0 spiro atoms. The van der Waals surface area contributed by atoms with Crippen LogP contribution in [0.4, 0.5) is 4.39 Å². The summed E-state index contributed by atoms with van der Waals surface area (Å²) in [6, 6.07) is 11.0. The molecule has 0 atom stereocenters. The molecule has 26 heavy (non-hydrogen) atoms. The van der Waals surface area contributed by atoms with E-state index >= 15 is 0 Å². The second-order valence-corrected chi connectivity index (χ2v) is 8.27. The maximum atomic E-state index is 13.4. The Morgan fingerprint density at radius 2 is 1.69 bits per heavy atom. The van der Waals surface area contributed by atoms with Crippen molar-refractivity contribution in [2.75, 3.05) is 6.26 Å². The van der Waals surface area contributed by atoms with E-state index in [1.54, 1.807) is 19.1 Å². The van der Waals surface area contributed by atoms with Crippen LogP contribution in [0, 0.1) is 12.7 Å². The summed E-state index contributed by atoms with van der Waals surface area (Å²) in [4.78, 5) is 12.7. The summed E-state index contributed by atoms with van der Waals surface area (Å²) in [5.41, 5.74) is 0.703. The van der Waals surface area contributed by atoms with E-state index < -0.39 is 15.7 Å². The van der Waals surface area contributed by atoms with Gasteiger partial charge in [0.25, 0.3) is 0 Å². The first-order valence-corrected chi connectivity index (χ1v) is 9.84. The highest BCUT2D eigenvalue weighted by atomic mass is 35.5. The summed E-state index contributed by atoms with van der Waals surface area (Å²) in [5, 5.41) is 0.0789. The Labute approximate surface area is 154 Å². The predicted molar refractivity (Wildman–Crippen MR) is 98.7 cm³/mol. The topological polar surface area (TPSA) is 64.3 Å². The van der Waals surface area contributed by atoms with Crippen molar-refractivity contribution in [3.05, 3.63) is 75.4 Å². The third-order valence-electron chi connectivity index (χ3n) is 3.82. The normalized spacial score (nSPS) is 11.5. The molecule has 1 heterocycles. The lowest BCUT2D eigenvalue weighted by molar-refractivity contribution is 0.531. The van der Waals surface area contributed by atoms with Crippen LogP contribution in [0.25, 0.3) is 22.5 Å². The maximum absolute atomic E-state index is 13.4. The van der Waals surface area contributed by atoms with Crippen molar-refractivity contribution in [2.24, 2.45) is 0 Å². The summed E-state index contributed by atoms with van der Waals surface area (Å²) in [7, 11) is -3.35. The monoisotopic (exact) mass is 392 g/mol. The van der Waals surface area contributed by atoms with Gasteiger partial charge in [0.05, 0.1) is 15.5 Å². The van der Waals surface area contributed by atoms with Gasteiger partial charge < -0.3 is 4.42 Å². The van der Waals surface area contributed by atoms with E-state index in [9.17, 15) is 17.6 Å². The summed E-state index contributed by atoms with van der Waals surface area (Å²) in [6.45, 7) is 1.63. The Balaban J connectivity index is 2.27. The average Bonchev–Trinajstić information content (AvgIpc) is 2.55. The van der Waals surface area contributed by atoms with Gasteiger partial charge in [-0.1, -0.05) is 11.6 Å². The highest BCUT2D eigenvalue weighted by molar-refractivity contribution is 7.90. The second-order valence-electron chi connectivity index (χ2n) is 5.85. The highest BCUT2D eigenvalue weighted by Gasteiger charge is 2.18. The molecule has 0 N–H and O–H groups in total. The Kier molecular flexibility index (Phi) is 4.73. The average molecular weight is 393 g/mol. The zero-order valence-corrected chi connectivity index (χ0v) is 15.5. The first-order chi connectivity index (χ1) is 12.2. The predicted octanol–water partition coefficient (Wildman–Crippen LogP) is 4.48. The minimum Gasteiger partial charge on any atom is -0.460 e. The van der Waals surface area contributed by atoms with E-state index in [4.69, 9.17) is 16.0 Å². The number of rotatable bonds is 3. The van der Waals surface area contributed by atoms with Gasteiger partial charge in [-0.05, 0) is 49.4 Å². The molecule has 0 unspecified atom stereocenters. The zero-order valence-electron chi connectivity index (χ0n) is 13.9. The first kappa shape index (κ1) is 18.4. The van der Waals surface area contributed by atoms with Crippen molar-refractivity contribution in [3.8, 4) is 22.5 Å². The maximum Gasteiger partial charge on any atom is 0.193 e. The molecule has 0 fully saturated rings. The van der Waals surface area contributed by atoms with E-state index in [2.05, 4.69) is 0 Å². The molecule has 0 bridgehead atoms. The molecule has 0 saturated heterocycles. The van der Waals surface area contributed by atoms with Crippen molar-refractivity contribution in [1.29, 1.82) is 0 Å². The molecule has 0 aliphatic heterocycles. The van der Waals surface area contributed by atoms with Gasteiger partial charge in [0, 0.05) is 23.4 Å². The third kappa shape index (κ3) is 3.57. The quantitative estimate of drug-likeness (QED) is 0.659. The third-order valence-corrected chi connectivity index (χ3v) is 5.26. The van der Waals surface area contributed by atoms with Crippen LogP contribution in [0.15, 0.2) is 62.6 Å². The van der Waals surface area contributed by atoms with E-state index in [1.807, 2.05) is 0 Å². The molecule has 134 valence electrons. The largest absolute Gasteiger partial charge is 0.460 e. The molecule has 0 saturated carbocycles. The molecule has 3 aromatic rings. The fourth-order valence-electron chi connectivity index (χ4n) is 2.61. The molecular weight excluding hydrogens is 379 g/mol. The molecule has 0 radical (unpaired) electrons. The highest BCUT2D eigenvalue weighted by Crippen LogP contribution is 2.35. The molecule has 0 aliphatic carbocycles. The van der Waals surface area contributed by atoms with Crippen molar-refractivity contribution in [3.63, 3.8) is 0 Å². The van der Waals surface area contributed by atoms with E-state index in [-0.39, 0.29) is 26.7 Å². The smallest absolute Gasteiger partial charge is 0.193 e. The molecule has 0 amide bonds. The van der Waals surface area contributed by atoms with Crippen molar-refractivity contribution >= 4 is 21.4 Å². The van der Waals surface area contributed by atoms with Gasteiger partial charge >= 0.3 is 0 Å². The molecular formula is C19H14ClFO4S. The van der Waals surface area contributed by atoms with E-state index in [0.29, 0.717) is 16.9 Å². The molecule has 1 aromatic heterocycles. The molecule has 2 aromatic carbocycles. The molecule has 7 heteroatoms. The summed E-state index contributed by atoms with van der Waals surface area (Å²) < 4.78 is 42.4. The van der Waals surface area contributed by atoms with E-state index in [0.717, 1.165) is 12.3 Å². The lowest BCUT2D eigenvalue weighted by Gasteiger charge is -2.11. The Bertz CT molecular complexity index is 1150. The number of halogens is 2. The second kappa shape index (κ2) is 6.70. The SMILES string of the molecule is Cc1cc(=O)c(-c2ccc(F)cc2Cl)c(-c2ccc(S(C)(=O)=O)cc2)o1. The van der Waals surface area contributed by atoms with Crippen LogP contribution in [0.1, 0.15) is 5.76 Å². The van der Waals surface area contributed by atoms with Crippen LogP contribution >= 0.6 is 11.6 Å². The zero-order chi connectivity index (χ0) is 19.1. The lowest BCUT2D eigenvalue weighted by atomic mass is 9.99. The first-order valence-electron chi connectivity index (χ1n) is 7.57. The van der Waals surface area contributed by atoms with Crippen LogP contribution < -0.4 is 5.43 Å². The number of hydrogen-bond donors (Lipinski definition) is 0. The molecule has 3 rings (SSSR count). The van der Waals surface area contributed by atoms with Crippen LogP contribution in [0.2, 0.25) is 5.02 Å². The van der Waals surface area contributed by atoms with Crippen molar-refractivity contribution in [1.82, 2.24) is 0 Å². The standard InChI is InChI=1S/C19H14ClFO4S/c1-11-9-17(22)18(15-8-5-13(21)10-16(15)20)19(25-11)12-3-6-14(7-4-12)26(2,23)24/h3-10H,1-2H3. The Morgan fingerprint density at radius 1 is 1.04 bits per heavy atom. The van der Waals surface area contributed by atoms with E-state index in [1.165, 1.54) is 30.3 Å². The lowest BCUT2D eigenvalue weighted by Crippen LogP contribution is -2.07. The summed E-state index contributed by atoms with van der Waals surface area (Å²) >= 11 is 6.12. The number of sulfone groups is 1. The van der Waals surface area contributed by atoms with Crippen molar-refractivity contribution in [2.45, 2.75) is 11.8 Å².